The van der Waals surface area contributed by atoms with Gasteiger partial charge in [0, 0.05) is 7.05 Å². The van der Waals surface area contributed by atoms with E-state index in [0.29, 0.717) is 5.16 Å². The number of nitrogens with zero attached hydrogens (tertiary/aromatic N) is 2. The Kier molecular flexibility index (Phi) is 5.46. The van der Waals surface area contributed by atoms with Crippen molar-refractivity contribution < 1.29 is 61.3 Å². The summed E-state index contributed by atoms with van der Waals surface area (Å²) >= 11 is 1.20. The molecule has 0 N–H and O–H groups in total. The van der Waals surface area contributed by atoms with E-state index in [4.69, 9.17) is 0 Å². The van der Waals surface area contributed by atoms with Crippen LogP contribution in [0.1, 0.15) is 13.8 Å². The molecule has 18 heavy (non-hydrogen) atoms. The molecule has 0 atom stereocenters. The minimum Gasteiger partial charge on any atom is -0.549 e. The molecule has 2 rings (SSSR count). The molecule has 0 radical (unpaired) electrons. The zero-order valence-electron chi connectivity index (χ0n) is 10.9. The predicted octanol–water partition coefficient (Wildman–Crippen LogP) is -1.80. The van der Waals surface area contributed by atoms with Crippen LogP contribution >= 0.6 is 11.8 Å². The average Bonchev–Trinajstić information content (AvgIpc) is 2.56. The van der Waals surface area contributed by atoms with Gasteiger partial charge in [0.2, 0.25) is 0 Å². The fraction of sp³-hybridized carbons (Fsp3) is 0.333. The molecular formula is C12H13KN2O2S. The maximum atomic E-state index is 11.0. The Morgan fingerprint density at radius 1 is 1.39 bits per heavy atom. The number of fused-ring (bicyclic) bond motifs is 1. The van der Waals surface area contributed by atoms with Crippen molar-refractivity contribution in [1.29, 1.82) is 0 Å². The first-order chi connectivity index (χ1) is 7.92. The smallest absolute Gasteiger partial charge is 0.549 e. The van der Waals surface area contributed by atoms with Gasteiger partial charge in [-0.25, -0.2) is 4.98 Å². The maximum Gasteiger partial charge on any atom is 1.00 e. The number of carbonyl (C=O) groups excluding carboxylic acids is 1. The Balaban J connectivity index is 0.00000162. The van der Waals surface area contributed by atoms with Crippen LogP contribution in [0.2, 0.25) is 0 Å². The second kappa shape index (κ2) is 6.07. The fourth-order valence-electron chi connectivity index (χ4n) is 1.48. The topological polar surface area (TPSA) is 58.0 Å². The molecule has 0 amide bonds. The minimum atomic E-state index is -1.09. The molecule has 1 aromatic carbocycles. The van der Waals surface area contributed by atoms with Crippen molar-refractivity contribution in [3.05, 3.63) is 24.3 Å². The summed E-state index contributed by atoms with van der Waals surface area (Å²) in [7, 11) is 1.88. The molecular weight excluding hydrogens is 275 g/mol. The number of para-hydroxylation sites is 2. The van der Waals surface area contributed by atoms with Crippen LogP contribution < -0.4 is 56.5 Å². The van der Waals surface area contributed by atoms with E-state index in [1.54, 1.807) is 13.8 Å². The number of aliphatic carboxylic acids is 1. The van der Waals surface area contributed by atoms with E-state index in [1.807, 2.05) is 35.9 Å². The Morgan fingerprint density at radius 3 is 2.56 bits per heavy atom. The van der Waals surface area contributed by atoms with Gasteiger partial charge in [0.25, 0.3) is 0 Å². The van der Waals surface area contributed by atoms with Gasteiger partial charge >= 0.3 is 51.4 Å². The average molecular weight is 288 g/mol. The number of hydrogen-bond acceptors (Lipinski definition) is 4. The van der Waals surface area contributed by atoms with Crippen molar-refractivity contribution >= 4 is 28.8 Å². The van der Waals surface area contributed by atoms with Crippen molar-refractivity contribution in [2.45, 2.75) is 23.8 Å². The number of hydrogen-bond donors (Lipinski definition) is 0. The number of rotatable bonds is 3. The molecule has 4 nitrogen and oxygen atoms in total. The second-order valence-electron chi connectivity index (χ2n) is 4.34. The summed E-state index contributed by atoms with van der Waals surface area (Å²) in [5.74, 6) is -1.09. The third-order valence-corrected chi connectivity index (χ3v) is 3.81. The third kappa shape index (κ3) is 3.18. The number of thioether (sulfide) groups is 1. The van der Waals surface area contributed by atoms with Gasteiger partial charge in [0.05, 0.1) is 21.7 Å². The minimum absolute atomic E-state index is 0. The third-order valence-electron chi connectivity index (χ3n) is 2.58. The largest absolute Gasteiger partial charge is 1.00 e. The van der Waals surface area contributed by atoms with Crippen molar-refractivity contribution in [2.24, 2.45) is 7.05 Å². The molecule has 0 aliphatic rings. The molecule has 1 aromatic heterocycles. The first kappa shape index (κ1) is 16.2. The molecule has 2 aromatic rings. The second-order valence-corrected chi connectivity index (χ2v) is 5.93. The van der Waals surface area contributed by atoms with Crippen LogP contribution in [-0.2, 0) is 11.8 Å². The predicted molar refractivity (Wildman–Crippen MR) is 65.7 cm³/mol. The zero-order chi connectivity index (χ0) is 12.6. The first-order valence-corrected chi connectivity index (χ1v) is 6.05. The van der Waals surface area contributed by atoms with Gasteiger partial charge in [0.1, 0.15) is 0 Å². The van der Waals surface area contributed by atoms with Gasteiger partial charge in [-0.3, -0.25) is 0 Å². The number of aryl methyl sites for hydroxylation is 1. The van der Waals surface area contributed by atoms with Crippen molar-refractivity contribution in [1.82, 2.24) is 9.55 Å². The molecule has 0 saturated heterocycles. The Bertz CT molecular complexity index is 580. The van der Waals surface area contributed by atoms with Gasteiger partial charge in [-0.05, 0) is 26.0 Å². The summed E-state index contributed by atoms with van der Waals surface area (Å²) in [6, 6.07) is 7.71. The molecule has 0 bridgehead atoms. The monoisotopic (exact) mass is 288 g/mol. The number of carbonyl (C=O) groups is 1. The first-order valence-electron chi connectivity index (χ1n) is 5.24. The number of aromatic nitrogens is 2. The van der Waals surface area contributed by atoms with E-state index in [1.165, 1.54) is 11.8 Å². The summed E-state index contributed by atoms with van der Waals surface area (Å²) < 4.78 is 0.903. The van der Waals surface area contributed by atoms with Gasteiger partial charge in [-0.15, -0.1) is 0 Å². The fourth-order valence-corrected chi connectivity index (χ4v) is 2.40. The summed E-state index contributed by atoms with van der Waals surface area (Å²) in [4.78, 5) is 15.4. The van der Waals surface area contributed by atoms with E-state index < -0.39 is 10.7 Å². The number of imidazole rings is 1. The van der Waals surface area contributed by atoms with Gasteiger partial charge < -0.3 is 14.5 Å². The van der Waals surface area contributed by atoms with Crippen LogP contribution in [0.3, 0.4) is 0 Å². The summed E-state index contributed by atoms with van der Waals surface area (Å²) in [6.45, 7) is 3.23. The van der Waals surface area contributed by atoms with Crippen LogP contribution in [0.15, 0.2) is 29.4 Å². The number of benzene rings is 1. The summed E-state index contributed by atoms with van der Waals surface area (Å²) in [5, 5.41) is 11.7. The van der Waals surface area contributed by atoms with Gasteiger partial charge in [-0.2, -0.15) is 0 Å². The number of carboxylic acid groups (broad SMARTS) is 1. The normalized spacial score (nSPS) is 11.3. The van der Waals surface area contributed by atoms with E-state index in [0.717, 1.165) is 11.0 Å². The van der Waals surface area contributed by atoms with Gasteiger partial charge in [-0.1, -0.05) is 23.9 Å². The van der Waals surface area contributed by atoms with Crippen molar-refractivity contribution in [3.63, 3.8) is 0 Å². The molecule has 0 saturated carbocycles. The molecule has 1 heterocycles. The maximum absolute atomic E-state index is 11.0. The van der Waals surface area contributed by atoms with E-state index in [9.17, 15) is 9.90 Å². The van der Waals surface area contributed by atoms with E-state index in [2.05, 4.69) is 4.98 Å². The Labute approximate surface area is 153 Å². The standard InChI is InChI=1S/C12H14N2O2S.K/c1-12(2,10(15)16)17-11-13-8-6-4-5-7-9(8)14(11)3;/h4-7H,1-3H3,(H,15,16);/q;+1/p-1. The van der Waals surface area contributed by atoms with Gasteiger partial charge in [0.15, 0.2) is 5.16 Å². The van der Waals surface area contributed by atoms with Crippen LogP contribution in [0.25, 0.3) is 11.0 Å². The van der Waals surface area contributed by atoms with Crippen LogP contribution in [0.5, 0.6) is 0 Å². The van der Waals surface area contributed by atoms with Crippen LogP contribution in [0.4, 0.5) is 0 Å². The van der Waals surface area contributed by atoms with E-state index >= 15 is 0 Å². The van der Waals surface area contributed by atoms with Crippen molar-refractivity contribution in [2.75, 3.05) is 0 Å². The summed E-state index contributed by atoms with van der Waals surface area (Å²) in [5.41, 5.74) is 1.86. The molecule has 0 aliphatic heterocycles. The summed E-state index contributed by atoms with van der Waals surface area (Å²) in [6.07, 6.45) is 0. The quantitative estimate of drug-likeness (QED) is 0.494. The molecule has 0 spiro atoms. The Hall–Kier alpha value is 0.146. The molecule has 6 heteroatoms. The van der Waals surface area contributed by atoms with Crippen molar-refractivity contribution in [3.8, 4) is 0 Å². The van der Waals surface area contributed by atoms with Crippen LogP contribution in [-0.4, -0.2) is 20.3 Å². The number of carboxylic acids is 1. The molecule has 0 unspecified atom stereocenters. The zero-order valence-corrected chi connectivity index (χ0v) is 14.9. The molecule has 0 aliphatic carbocycles. The molecule has 0 fully saturated rings. The SMILES string of the molecule is Cn1c(SC(C)(C)C(=O)[O-])nc2ccccc21.[K+]. The Morgan fingerprint density at radius 2 is 2.00 bits per heavy atom. The molecule has 90 valence electrons. The van der Waals surface area contributed by atoms with Crippen LogP contribution in [0, 0.1) is 0 Å². The van der Waals surface area contributed by atoms with E-state index in [-0.39, 0.29) is 51.4 Å².